The molecule has 1 N–H and O–H groups in total. The molecule has 2 aromatic heterocycles. The third-order valence-corrected chi connectivity index (χ3v) is 2.75. The molecule has 0 saturated heterocycles. The molecule has 4 nitrogen and oxygen atoms in total. The molecule has 0 saturated carbocycles. The maximum Gasteiger partial charge on any atom is 0.213 e. The maximum atomic E-state index is 5.09. The lowest BCUT2D eigenvalue weighted by molar-refractivity contribution is 0.397. The molecule has 4 heteroatoms. The van der Waals surface area contributed by atoms with Gasteiger partial charge in [0.2, 0.25) is 5.88 Å². The monoisotopic (exact) mass is 243 g/mol. The van der Waals surface area contributed by atoms with Gasteiger partial charge in [-0.3, -0.25) is 4.98 Å². The number of nitrogens with one attached hydrogen (secondary N) is 1. The van der Waals surface area contributed by atoms with E-state index in [1.54, 1.807) is 13.3 Å². The van der Waals surface area contributed by atoms with Crippen LogP contribution in [0.25, 0.3) is 0 Å². The van der Waals surface area contributed by atoms with E-state index < -0.39 is 0 Å². The van der Waals surface area contributed by atoms with Gasteiger partial charge in [-0.25, -0.2) is 4.98 Å². The second-order valence-corrected chi connectivity index (χ2v) is 4.08. The highest BCUT2D eigenvalue weighted by Gasteiger charge is 2.00. The highest BCUT2D eigenvalue weighted by atomic mass is 16.5. The van der Waals surface area contributed by atoms with E-state index in [1.165, 1.54) is 5.56 Å². The molecule has 2 rings (SSSR count). The number of ether oxygens (including phenoxy) is 1. The minimum atomic E-state index is 0.642. The van der Waals surface area contributed by atoms with Crippen LogP contribution in [0.15, 0.2) is 36.7 Å². The second-order valence-electron chi connectivity index (χ2n) is 4.08. The number of aryl methyl sites for hydroxylation is 1. The molecule has 18 heavy (non-hydrogen) atoms. The van der Waals surface area contributed by atoms with Crippen molar-refractivity contribution in [3.05, 3.63) is 53.5 Å². The number of rotatable bonds is 5. The fourth-order valence-corrected chi connectivity index (χ4v) is 1.70. The Bertz CT molecular complexity index is 514. The Labute approximate surface area is 107 Å². The number of hydrogen-bond acceptors (Lipinski definition) is 4. The van der Waals surface area contributed by atoms with Crippen LogP contribution in [-0.4, -0.2) is 17.1 Å². The number of pyridine rings is 2. The molecule has 0 aliphatic carbocycles. The van der Waals surface area contributed by atoms with Gasteiger partial charge >= 0.3 is 0 Å². The Morgan fingerprint density at radius 1 is 1.17 bits per heavy atom. The first-order chi connectivity index (χ1) is 8.79. The topological polar surface area (TPSA) is 47.0 Å². The summed E-state index contributed by atoms with van der Waals surface area (Å²) in [7, 11) is 1.62. The minimum Gasteiger partial charge on any atom is -0.481 e. The first-order valence-electron chi connectivity index (χ1n) is 5.89. The van der Waals surface area contributed by atoms with Gasteiger partial charge in [0.05, 0.1) is 12.8 Å². The summed E-state index contributed by atoms with van der Waals surface area (Å²) in [5.74, 6) is 0.642. The number of hydrogen-bond donors (Lipinski definition) is 1. The summed E-state index contributed by atoms with van der Waals surface area (Å²) < 4.78 is 5.09. The fraction of sp³-hybridized carbons (Fsp3) is 0.286. The molecule has 2 heterocycles. The third-order valence-electron chi connectivity index (χ3n) is 2.75. The van der Waals surface area contributed by atoms with Crippen LogP contribution < -0.4 is 10.1 Å². The fourth-order valence-electron chi connectivity index (χ4n) is 1.70. The van der Waals surface area contributed by atoms with Gasteiger partial charge in [-0.1, -0.05) is 6.07 Å². The summed E-state index contributed by atoms with van der Waals surface area (Å²) in [5, 5.41) is 3.36. The van der Waals surface area contributed by atoms with Crippen LogP contribution in [-0.2, 0) is 13.1 Å². The Kier molecular flexibility index (Phi) is 4.25. The van der Waals surface area contributed by atoms with Crippen LogP contribution in [0.3, 0.4) is 0 Å². The summed E-state index contributed by atoms with van der Waals surface area (Å²) in [6.45, 7) is 3.60. The van der Waals surface area contributed by atoms with Gasteiger partial charge < -0.3 is 10.1 Å². The van der Waals surface area contributed by atoms with Crippen molar-refractivity contribution in [2.75, 3.05) is 7.11 Å². The van der Waals surface area contributed by atoms with Gasteiger partial charge in [-0.05, 0) is 30.2 Å². The molecule has 0 bridgehead atoms. The van der Waals surface area contributed by atoms with Crippen LogP contribution >= 0.6 is 0 Å². The summed E-state index contributed by atoms with van der Waals surface area (Å²) in [4.78, 5) is 8.42. The van der Waals surface area contributed by atoms with Crippen molar-refractivity contribution in [3.63, 3.8) is 0 Å². The molecule has 0 atom stereocenters. The van der Waals surface area contributed by atoms with E-state index in [0.29, 0.717) is 5.88 Å². The zero-order chi connectivity index (χ0) is 12.8. The summed E-state index contributed by atoms with van der Waals surface area (Å²) >= 11 is 0. The van der Waals surface area contributed by atoms with E-state index in [1.807, 2.05) is 24.4 Å². The number of aromatic nitrogens is 2. The standard InChI is InChI=1S/C14H17N3O/c1-11-4-3-6-16-13(11)10-15-9-12-5-7-17-14(8-12)18-2/h3-8,15H,9-10H2,1-2H3. The van der Waals surface area contributed by atoms with E-state index in [-0.39, 0.29) is 0 Å². The predicted molar refractivity (Wildman–Crippen MR) is 70.3 cm³/mol. The van der Waals surface area contributed by atoms with Gasteiger partial charge in [0, 0.05) is 31.5 Å². The van der Waals surface area contributed by atoms with Crippen molar-refractivity contribution in [2.45, 2.75) is 20.0 Å². The number of nitrogens with zero attached hydrogens (tertiary/aromatic N) is 2. The maximum absolute atomic E-state index is 5.09. The van der Waals surface area contributed by atoms with Crippen molar-refractivity contribution < 1.29 is 4.74 Å². The van der Waals surface area contributed by atoms with E-state index in [4.69, 9.17) is 4.74 Å². The van der Waals surface area contributed by atoms with Crippen LogP contribution in [0.4, 0.5) is 0 Å². The number of methoxy groups -OCH3 is 1. The first-order valence-corrected chi connectivity index (χ1v) is 5.89. The lowest BCUT2D eigenvalue weighted by atomic mass is 10.2. The third kappa shape index (κ3) is 3.28. The van der Waals surface area contributed by atoms with Crippen LogP contribution in [0.5, 0.6) is 5.88 Å². The second kappa shape index (κ2) is 6.12. The van der Waals surface area contributed by atoms with Gasteiger partial charge in [0.1, 0.15) is 0 Å². The molecule has 0 radical (unpaired) electrons. The molecular weight excluding hydrogens is 226 g/mol. The first kappa shape index (κ1) is 12.5. The van der Waals surface area contributed by atoms with Crippen LogP contribution in [0, 0.1) is 6.92 Å². The Morgan fingerprint density at radius 3 is 2.83 bits per heavy atom. The van der Waals surface area contributed by atoms with Crippen molar-refractivity contribution in [3.8, 4) is 5.88 Å². The Morgan fingerprint density at radius 2 is 2.06 bits per heavy atom. The summed E-state index contributed by atoms with van der Waals surface area (Å²) in [6.07, 6.45) is 3.57. The molecule has 0 unspecified atom stereocenters. The highest BCUT2D eigenvalue weighted by molar-refractivity contribution is 5.21. The Hall–Kier alpha value is -1.94. The minimum absolute atomic E-state index is 0.642. The molecular formula is C14H17N3O. The lowest BCUT2D eigenvalue weighted by Gasteiger charge is -2.07. The highest BCUT2D eigenvalue weighted by Crippen LogP contribution is 2.08. The molecule has 0 fully saturated rings. The molecule has 94 valence electrons. The van der Waals surface area contributed by atoms with Gasteiger partial charge in [0.15, 0.2) is 0 Å². The molecule has 0 amide bonds. The zero-order valence-electron chi connectivity index (χ0n) is 10.7. The normalized spacial score (nSPS) is 10.3. The van der Waals surface area contributed by atoms with Crippen LogP contribution in [0.2, 0.25) is 0 Å². The van der Waals surface area contributed by atoms with Gasteiger partial charge in [-0.15, -0.1) is 0 Å². The quantitative estimate of drug-likeness (QED) is 0.873. The molecule has 2 aromatic rings. The largest absolute Gasteiger partial charge is 0.481 e. The summed E-state index contributed by atoms with van der Waals surface area (Å²) in [6, 6.07) is 7.92. The van der Waals surface area contributed by atoms with Gasteiger partial charge in [0.25, 0.3) is 0 Å². The van der Waals surface area contributed by atoms with E-state index in [9.17, 15) is 0 Å². The zero-order valence-corrected chi connectivity index (χ0v) is 10.7. The molecule has 0 aliphatic rings. The average molecular weight is 243 g/mol. The molecule has 0 aromatic carbocycles. The van der Waals surface area contributed by atoms with Crippen molar-refractivity contribution in [1.82, 2.24) is 15.3 Å². The predicted octanol–water partition coefficient (Wildman–Crippen LogP) is 2.08. The van der Waals surface area contributed by atoms with Crippen molar-refractivity contribution in [1.29, 1.82) is 0 Å². The lowest BCUT2D eigenvalue weighted by Crippen LogP contribution is -2.14. The van der Waals surface area contributed by atoms with Gasteiger partial charge in [-0.2, -0.15) is 0 Å². The van der Waals surface area contributed by atoms with Crippen molar-refractivity contribution in [2.24, 2.45) is 0 Å². The van der Waals surface area contributed by atoms with Crippen LogP contribution in [0.1, 0.15) is 16.8 Å². The molecule has 0 aliphatic heterocycles. The Balaban J connectivity index is 1.90. The van der Waals surface area contributed by atoms with E-state index in [0.717, 1.165) is 24.3 Å². The van der Waals surface area contributed by atoms with Crippen molar-refractivity contribution >= 4 is 0 Å². The SMILES string of the molecule is COc1cc(CNCc2ncccc2C)ccn1. The van der Waals surface area contributed by atoms with E-state index >= 15 is 0 Å². The molecule has 0 spiro atoms. The van der Waals surface area contributed by atoms with E-state index in [2.05, 4.69) is 28.3 Å². The average Bonchev–Trinajstić information content (AvgIpc) is 2.41. The smallest absolute Gasteiger partial charge is 0.213 e. The summed E-state index contributed by atoms with van der Waals surface area (Å²) in [5.41, 5.74) is 3.44.